The summed E-state index contributed by atoms with van der Waals surface area (Å²) in [5, 5.41) is 46.1. The minimum absolute atomic E-state index is 0.0143. The number of amides is 1. The van der Waals surface area contributed by atoms with Gasteiger partial charge in [-0.05, 0) is 12.8 Å². The molecule has 4 aliphatic rings. The number of phenolic OH excluding ortho intramolecular Hbond substituents is 1. The number of likely N-dealkylation sites (N-methyl/N-ethyl adjacent to an activating group) is 1. The van der Waals surface area contributed by atoms with Crippen LogP contribution in [0.3, 0.4) is 0 Å². The molecule has 12 heteroatoms. The third-order valence-corrected chi connectivity index (χ3v) is 9.67. The van der Waals surface area contributed by atoms with Gasteiger partial charge in [0, 0.05) is 7.11 Å². The number of piperidine rings is 1. The molecule has 1 aromatic rings. The number of allylic oxidation sites excluding steroid dienone is 1. The molecule has 6 N–H and O–H groups in total. The summed E-state index contributed by atoms with van der Waals surface area (Å²) in [7, 11) is 12.8. The van der Waals surface area contributed by atoms with Crippen LogP contribution in [0.15, 0.2) is 28.7 Å². The van der Waals surface area contributed by atoms with Crippen LogP contribution in [-0.2, 0) is 22.5 Å². The van der Waals surface area contributed by atoms with Crippen molar-refractivity contribution in [1.29, 1.82) is 0 Å². The first-order chi connectivity index (χ1) is 19.7. The topological polar surface area (TPSA) is 160 Å². The van der Waals surface area contributed by atoms with Crippen LogP contribution >= 0.6 is 0 Å². The molecule has 1 aliphatic heterocycles. The minimum atomic E-state index is -2.21. The molecule has 1 aromatic carbocycles. The molecule has 1 fully saturated rings. The molecule has 0 unspecified atom stereocenters. The number of aliphatic hydroxyl groups is 3. The number of carbonyl (C=O) groups excluding carboxylic acids is 2. The van der Waals surface area contributed by atoms with Gasteiger partial charge in [-0.25, -0.2) is 0 Å². The molecule has 11 nitrogen and oxygen atoms in total. The number of primary amides is 1. The van der Waals surface area contributed by atoms with Crippen LogP contribution in [0.4, 0.5) is 5.69 Å². The third-order valence-electron chi connectivity index (χ3n) is 9.67. The fourth-order valence-electron chi connectivity index (χ4n) is 7.76. The van der Waals surface area contributed by atoms with E-state index in [4.69, 9.17) is 10.5 Å². The summed E-state index contributed by atoms with van der Waals surface area (Å²) in [6.45, 7) is 2.30. The van der Waals surface area contributed by atoms with Gasteiger partial charge in [-0.2, -0.15) is 0 Å². The SMILES string of the molecule is B=C1C(C(N)=O)=C(O)[C@@H](N(C)C)[C@@H]2C[C@@H]3Cc4c(c(O)cc(CN5CCC(OC)CC5)c4N(C)C)C(=O)C3=C(O)[C@]12O. The van der Waals surface area contributed by atoms with E-state index >= 15 is 0 Å². The summed E-state index contributed by atoms with van der Waals surface area (Å²) < 4.78 is 5.51. The van der Waals surface area contributed by atoms with Crippen molar-refractivity contribution in [3.05, 3.63) is 45.4 Å². The Bertz CT molecular complexity index is 1410. The molecule has 42 heavy (non-hydrogen) atoms. The number of ketones is 1. The molecule has 0 saturated carbocycles. The van der Waals surface area contributed by atoms with Gasteiger partial charge in [-0.15, -0.1) is 0 Å². The number of Topliss-reactive ketones (excluding diaryl/α,β-unsaturated/α-hetero) is 1. The van der Waals surface area contributed by atoms with Crippen LogP contribution < -0.4 is 10.6 Å². The normalized spacial score (nSPS) is 28.6. The maximum atomic E-state index is 14.1. The van der Waals surface area contributed by atoms with Crippen molar-refractivity contribution < 1.29 is 34.8 Å². The Morgan fingerprint density at radius 2 is 1.83 bits per heavy atom. The molecule has 3 aliphatic carbocycles. The molecule has 0 spiro atoms. The summed E-state index contributed by atoms with van der Waals surface area (Å²) in [4.78, 5) is 32.4. The number of aromatic hydroxyl groups is 1. The summed E-state index contributed by atoms with van der Waals surface area (Å²) in [5.74, 6) is -4.03. The number of benzene rings is 1. The number of phenols is 1. The molecule has 1 heterocycles. The van der Waals surface area contributed by atoms with E-state index in [1.165, 1.54) is 0 Å². The van der Waals surface area contributed by atoms with Crippen LogP contribution in [0.1, 0.15) is 40.7 Å². The van der Waals surface area contributed by atoms with E-state index < -0.39 is 40.9 Å². The van der Waals surface area contributed by atoms with E-state index in [1.807, 2.05) is 19.0 Å². The van der Waals surface area contributed by atoms with Crippen molar-refractivity contribution in [3.63, 3.8) is 0 Å². The fourth-order valence-corrected chi connectivity index (χ4v) is 7.76. The zero-order valence-corrected chi connectivity index (χ0v) is 25.0. The van der Waals surface area contributed by atoms with E-state index in [2.05, 4.69) is 12.4 Å². The molecular weight excluding hydrogens is 539 g/mol. The number of fused-ring (bicyclic) bond motifs is 3. The Labute approximate surface area is 246 Å². The van der Waals surface area contributed by atoms with Crippen molar-refractivity contribution in [2.45, 2.75) is 50.0 Å². The summed E-state index contributed by atoms with van der Waals surface area (Å²) >= 11 is 0. The number of likely N-dealkylation sites (tertiary alicyclic amines) is 1. The number of carbonyl (C=O) groups is 2. The third kappa shape index (κ3) is 4.47. The Morgan fingerprint density at radius 1 is 1.19 bits per heavy atom. The molecule has 0 bridgehead atoms. The first-order valence-electron chi connectivity index (χ1n) is 14.3. The summed E-state index contributed by atoms with van der Waals surface area (Å²) in [5.41, 5.74) is 5.25. The van der Waals surface area contributed by atoms with Crippen molar-refractivity contribution in [2.24, 2.45) is 17.6 Å². The van der Waals surface area contributed by atoms with Crippen LogP contribution in [0.2, 0.25) is 0 Å². The molecule has 1 amide bonds. The van der Waals surface area contributed by atoms with Crippen molar-refractivity contribution >= 4 is 30.3 Å². The molecule has 5 rings (SSSR count). The van der Waals surface area contributed by atoms with Gasteiger partial charge in [-0.1, -0.05) is 0 Å². The quantitative estimate of drug-likeness (QED) is 0.296. The number of aliphatic hydroxyl groups excluding tert-OH is 2. The van der Waals surface area contributed by atoms with Gasteiger partial charge in [0.25, 0.3) is 0 Å². The van der Waals surface area contributed by atoms with E-state index in [0.29, 0.717) is 18.5 Å². The molecule has 4 atom stereocenters. The molecule has 1 saturated heterocycles. The van der Waals surface area contributed by atoms with Gasteiger partial charge < -0.3 is 4.74 Å². The number of nitrogens with zero attached hydrogens (tertiary/aromatic N) is 3. The number of methoxy groups -OCH3 is 1. The molecule has 226 valence electrons. The van der Waals surface area contributed by atoms with E-state index in [1.54, 1.807) is 32.2 Å². The number of hydrogen-bond donors (Lipinski definition) is 5. The number of ether oxygens (including phenoxy) is 1. The van der Waals surface area contributed by atoms with E-state index in [-0.39, 0.29) is 46.2 Å². The fraction of sp³-hybridized carbons (Fsp3) is 0.567. The Morgan fingerprint density at radius 3 is 2.38 bits per heavy atom. The average Bonchev–Trinajstić information content (AvgIpc) is 2.90. The van der Waals surface area contributed by atoms with Crippen LogP contribution in [0.5, 0.6) is 5.75 Å². The standard InChI is InChI=1S/C30H41BN4O7/c1-33(2)23-15(13-35-8-6-16(42-5)7-9-35)12-19(36)21-17(23)10-14-11-18-24(34(3)4)26(38)22(29(32)40)27(31)30(18,41)28(39)20(14)25(21)37/h12,14,16,18,24,31,36,38-39,41H,6-11,13H2,1-5H3,(H2,32,40)/t14-,18-,24-,30+/m0/s1. The zero-order valence-electron chi connectivity index (χ0n) is 25.0. The monoisotopic (exact) mass is 580 g/mol. The Kier molecular flexibility index (Phi) is 7.80. The van der Waals surface area contributed by atoms with Crippen molar-refractivity contribution in [3.8, 4) is 5.75 Å². The van der Waals surface area contributed by atoms with Gasteiger partial charge in [0.1, 0.15) is 0 Å². The van der Waals surface area contributed by atoms with Crippen LogP contribution in [0, 0.1) is 11.8 Å². The predicted octanol–water partition coefficient (Wildman–Crippen LogP) is 0.302. The Balaban J connectivity index is 1.62. The predicted molar refractivity (Wildman–Crippen MR) is 160 cm³/mol. The zero-order chi connectivity index (χ0) is 30.8. The van der Waals surface area contributed by atoms with Gasteiger partial charge >= 0.3 is 216 Å². The first-order valence-corrected chi connectivity index (χ1v) is 14.3. The average molecular weight is 580 g/mol. The Hall–Kier alpha value is -3.19. The second-order valence-corrected chi connectivity index (χ2v) is 12.5. The maximum absolute atomic E-state index is 14.1. The second-order valence-electron chi connectivity index (χ2n) is 12.5. The molecular formula is C30H41BN4O7. The first kappa shape index (κ1) is 30.3. The molecule has 0 radical (unpaired) electrons. The van der Waals surface area contributed by atoms with Crippen molar-refractivity contribution in [2.75, 3.05) is 53.3 Å². The summed E-state index contributed by atoms with van der Waals surface area (Å²) in [6, 6.07) is 0.756. The second kappa shape index (κ2) is 10.8. The van der Waals surface area contributed by atoms with Gasteiger partial charge in [0.15, 0.2) is 0 Å². The van der Waals surface area contributed by atoms with Crippen molar-refractivity contribution in [1.82, 2.24) is 9.80 Å². The van der Waals surface area contributed by atoms with E-state index in [0.717, 1.165) is 37.2 Å². The molecule has 0 aromatic heterocycles. The number of hydrogen-bond acceptors (Lipinski definition) is 10. The van der Waals surface area contributed by atoms with Gasteiger partial charge in [0.2, 0.25) is 0 Å². The van der Waals surface area contributed by atoms with Gasteiger partial charge in [-0.3, -0.25) is 0 Å². The number of nitrogens with two attached hydrogens (primary N) is 1. The summed E-state index contributed by atoms with van der Waals surface area (Å²) in [6.07, 6.45) is 2.61. The number of anilines is 1. The number of rotatable bonds is 6. The van der Waals surface area contributed by atoms with Gasteiger partial charge in [0.05, 0.1) is 6.10 Å². The van der Waals surface area contributed by atoms with Crippen LogP contribution in [0.25, 0.3) is 0 Å². The van der Waals surface area contributed by atoms with Crippen LogP contribution in [-0.4, -0.2) is 121 Å². The van der Waals surface area contributed by atoms with E-state index in [9.17, 15) is 30.0 Å².